The molecule has 8 nitrogen and oxygen atoms in total. The van der Waals surface area contributed by atoms with Crippen LogP contribution in [0.25, 0.3) is 0 Å². The fraction of sp³-hybridized carbons (Fsp3) is 0.720. The fourth-order valence-electron chi connectivity index (χ4n) is 4.84. The number of rotatable bonds is 9. The first-order chi connectivity index (χ1) is 15.9. The van der Waals surface area contributed by atoms with Crippen molar-refractivity contribution in [3.05, 3.63) is 22.9 Å². The van der Waals surface area contributed by atoms with Crippen LogP contribution in [0.3, 0.4) is 0 Å². The monoisotopic (exact) mass is 460 g/mol. The number of carbonyl (C=O) groups excluding carboxylic acids is 3. The summed E-state index contributed by atoms with van der Waals surface area (Å²) in [7, 11) is 3.45. The number of allylic oxidation sites excluding steroid dienone is 2. The minimum Gasteiger partial charge on any atom is -0.379 e. The fourth-order valence-corrected chi connectivity index (χ4v) is 4.84. The number of likely N-dealkylation sites (N-methyl/N-ethyl adjacent to an activating group) is 1. The zero-order valence-corrected chi connectivity index (χ0v) is 20.5. The highest BCUT2D eigenvalue weighted by Crippen LogP contribution is 2.31. The Labute approximate surface area is 198 Å². The van der Waals surface area contributed by atoms with Crippen molar-refractivity contribution in [2.45, 2.75) is 51.9 Å². The second-order valence-corrected chi connectivity index (χ2v) is 9.52. The van der Waals surface area contributed by atoms with Crippen molar-refractivity contribution in [2.75, 3.05) is 60.0 Å². The maximum Gasteiger partial charge on any atom is 0.251 e. The molecule has 0 aromatic heterocycles. The van der Waals surface area contributed by atoms with Gasteiger partial charge in [-0.05, 0) is 45.4 Å². The lowest BCUT2D eigenvalue weighted by molar-refractivity contribution is -0.138. The summed E-state index contributed by atoms with van der Waals surface area (Å²) in [5, 5.41) is 2.96. The van der Waals surface area contributed by atoms with Crippen LogP contribution in [0.1, 0.15) is 51.9 Å². The lowest BCUT2D eigenvalue weighted by Gasteiger charge is -2.35. The van der Waals surface area contributed by atoms with Gasteiger partial charge in [-0.3, -0.25) is 19.3 Å². The minimum absolute atomic E-state index is 0.0393. The molecule has 0 radical (unpaired) electrons. The molecule has 33 heavy (non-hydrogen) atoms. The maximum absolute atomic E-state index is 13.3. The van der Waals surface area contributed by atoms with Crippen molar-refractivity contribution in [1.29, 1.82) is 0 Å². The molecule has 1 aliphatic carbocycles. The molecule has 0 aromatic rings. The van der Waals surface area contributed by atoms with E-state index >= 15 is 0 Å². The topological polar surface area (TPSA) is 82.2 Å². The molecule has 8 heteroatoms. The molecule has 1 fully saturated rings. The van der Waals surface area contributed by atoms with Crippen LogP contribution in [-0.4, -0.2) is 92.5 Å². The second-order valence-electron chi connectivity index (χ2n) is 9.52. The van der Waals surface area contributed by atoms with E-state index in [2.05, 4.69) is 16.3 Å². The van der Waals surface area contributed by atoms with Crippen molar-refractivity contribution in [3.63, 3.8) is 0 Å². The number of nitrogens with one attached hydrogen (secondary N) is 1. The lowest BCUT2D eigenvalue weighted by atomic mass is 9.88. The molecule has 1 unspecified atom stereocenters. The molecule has 184 valence electrons. The third-order valence-electron chi connectivity index (χ3n) is 6.90. The molecular formula is C25H40N4O4. The molecule has 3 amide bonds. The molecule has 0 saturated carbocycles. The first kappa shape index (κ1) is 25.4. The van der Waals surface area contributed by atoms with Gasteiger partial charge in [0, 0.05) is 64.5 Å². The molecule has 2 aliphatic heterocycles. The van der Waals surface area contributed by atoms with Gasteiger partial charge in [-0.25, -0.2) is 0 Å². The van der Waals surface area contributed by atoms with Crippen LogP contribution in [0.15, 0.2) is 22.9 Å². The first-order valence-corrected chi connectivity index (χ1v) is 12.3. The van der Waals surface area contributed by atoms with Crippen molar-refractivity contribution >= 4 is 17.7 Å². The summed E-state index contributed by atoms with van der Waals surface area (Å²) in [6.07, 6.45) is 8.17. The molecule has 1 N–H and O–H groups in total. The Morgan fingerprint density at radius 3 is 2.61 bits per heavy atom. The Morgan fingerprint density at radius 2 is 1.94 bits per heavy atom. The van der Waals surface area contributed by atoms with Gasteiger partial charge in [-0.15, -0.1) is 0 Å². The molecule has 0 bridgehead atoms. The normalized spacial score (nSPS) is 22.3. The van der Waals surface area contributed by atoms with E-state index in [0.29, 0.717) is 25.1 Å². The van der Waals surface area contributed by atoms with Crippen LogP contribution in [0.5, 0.6) is 0 Å². The Hall–Kier alpha value is -2.19. The molecule has 1 atom stereocenters. The van der Waals surface area contributed by atoms with E-state index in [4.69, 9.17) is 4.74 Å². The highest BCUT2D eigenvalue weighted by atomic mass is 16.5. The SMILES string of the molecule is CC1=C(C(=O)N(C)C)CC(CC(=O)NCCN2CCOCC2)C(=O)N1CCC1=CCCCC1. The zero-order chi connectivity index (χ0) is 23.8. The van der Waals surface area contributed by atoms with Crippen LogP contribution >= 0.6 is 0 Å². The summed E-state index contributed by atoms with van der Waals surface area (Å²) in [4.78, 5) is 44.4. The second kappa shape index (κ2) is 12.3. The molecule has 3 aliphatic rings. The number of hydrogen-bond donors (Lipinski definition) is 1. The highest BCUT2D eigenvalue weighted by Gasteiger charge is 2.36. The predicted molar refractivity (Wildman–Crippen MR) is 127 cm³/mol. The van der Waals surface area contributed by atoms with Gasteiger partial charge in [0.1, 0.15) is 0 Å². The lowest BCUT2D eigenvalue weighted by Crippen LogP contribution is -2.45. The molecule has 0 aromatic carbocycles. The van der Waals surface area contributed by atoms with E-state index in [0.717, 1.165) is 57.8 Å². The number of hydrogen-bond acceptors (Lipinski definition) is 5. The number of nitrogens with zero attached hydrogens (tertiary/aromatic N) is 3. The third-order valence-corrected chi connectivity index (χ3v) is 6.90. The van der Waals surface area contributed by atoms with Crippen molar-refractivity contribution in [2.24, 2.45) is 5.92 Å². The molecule has 3 rings (SSSR count). The molecule has 1 saturated heterocycles. The van der Waals surface area contributed by atoms with E-state index in [9.17, 15) is 14.4 Å². The van der Waals surface area contributed by atoms with Crippen LogP contribution in [-0.2, 0) is 19.1 Å². The standard InChI is InChI=1S/C25H40N4O4/c1-19-22(25(32)27(2)3)17-21(18-23(30)26-10-12-28-13-15-33-16-14-28)24(31)29(19)11-9-20-7-5-4-6-8-20/h7,21H,4-6,8-18H2,1-3H3,(H,26,30). The van der Waals surface area contributed by atoms with Crippen LogP contribution in [0.4, 0.5) is 0 Å². The van der Waals surface area contributed by atoms with E-state index in [1.165, 1.54) is 18.4 Å². The molecular weight excluding hydrogens is 420 g/mol. The summed E-state index contributed by atoms with van der Waals surface area (Å²) in [6, 6.07) is 0. The third kappa shape index (κ3) is 7.14. The Balaban J connectivity index is 1.62. The summed E-state index contributed by atoms with van der Waals surface area (Å²) in [5.41, 5.74) is 2.77. The van der Waals surface area contributed by atoms with Gasteiger partial charge >= 0.3 is 0 Å². The summed E-state index contributed by atoms with van der Waals surface area (Å²) in [5.74, 6) is -0.758. The van der Waals surface area contributed by atoms with Gasteiger partial charge < -0.3 is 19.9 Å². The van der Waals surface area contributed by atoms with Gasteiger partial charge in [-0.2, -0.15) is 0 Å². The van der Waals surface area contributed by atoms with Crippen molar-refractivity contribution in [1.82, 2.24) is 20.0 Å². The van der Waals surface area contributed by atoms with Crippen LogP contribution < -0.4 is 5.32 Å². The van der Waals surface area contributed by atoms with E-state index < -0.39 is 5.92 Å². The number of carbonyl (C=O) groups is 3. The van der Waals surface area contributed by atoms with Gasteiger partial charge in [0.15, 0.2) is 0 Å². The summed E-state index contributed by atoms with van der Waals surface area (Å²) in [6.45, 7) is 6.97. The molecule has 2 heterocycles. The number of morpholine rings is 1. The van der Waals surface area contributed by atoms with E-state index in [1.54, 1.807) is 23.9 Å². The van der Waals surface area contributed by atoms with Crippen molar-refractivity contribution in [3.8, 4) is 0 Å². The van der Waals surface area contributed by atoms with Gasteiger partial charge in [-0.1, -0.05) is 11.6 Å². The summed E-state index contributed by atoms with van der Waals surface area (Å²) >= 11 is 0. The van der Waals surface area contributed by atoms with Gasteiger partial charge in [0.05, 0.1) is 19.1 Å². The average Bonchev–Trinajstić information content (AvgIpc) is 2.81. The van der Waals surface area contributed by atoms with E-state index in [1.807, 2.05) is 6.92 Å². The largest absolute Gasteiger partial charge is 0.379 e. The number of amides is 3. The smallest absolute Gasteiger partial charge is 0.251 e. The Bertz CT molecular complexity index is 783. The maximum atomic E-state index is 13.3. The Kier molecular flexibility index (Phi) is 9.50. The van der Waals surface area contributed by atoms with Crippen LogP contribution in [0.2, 0.25) is 0 Å². The van der Waals surface area contributed by atoms with Crippen LogP contribution in [0, 0.1) is 5.92 Å². The highest BCUT2D eigenvalue weighted by molar-refractivity contribution is 5.98. The van der Waals surface area contributed by atoms with E-state index in [-0.39, 0.29) is 24.1 Å². The molecule has 0 spiro atoms. The first-order valence-electron chi connectivity index (χ1n) is 12.3. The quantitative estimate of drug-likeness (QED) is 0.532. The van der Waals surface area contributed by atoms with Crippen molar-refractivity contribution < 1.29 is 19.1 Å². The number of ether oxygens (including phenoxy) is 1. The average molecular weight is 461 g/mol. The Morgan fingerprint density at radius 1 is 1.18 bits per heavy atom. The zero-order valence-electron chi connectivity index (χ0n) is 20.5. The summed E-state index contributed by atoms with van der Waals surface area (Å²) < 4.78 is 5.35. The minimum atomic E-state index is -0.503. The predicted octanol–water partition coefficient (Wildman–Crippen LogP) is 1.93. The van der Waals surface area contributed by atoms with Gasteiger partial charge in [0.25, 0.3) is 5.91 Å². The van der Waals surface area contributed by atoms with Gasteiger partial charge in [0.2, 0.25) is 11.8 Å².